The van der Waals surface area contributed by atoms with E-state index in [0.29, 0.717) is 6.54 Å². The summed E-state index contributed by atoms with van der Waals surface area (Å²) in [7, 11) is 1.65. The number of phenols is 1. The Labute approximate surface area is 115 Å². The number of carboxylic acids is 1. The zero-order chi connectivity index (χ0) is 14.4. The van der Waals surface area contributed by atoms with Crippen LogP contribution in [0.2, 0.25) is 0 Å². The second-order valence-corrected chi connectivity index (χ2v) is 4.87. The van der Waals surface area contributed by atoms with Gasteiger partial charge in [-0.15, -0.1) is 0 Å². The van der Waals surface area contributed by atoms with Gasteiger partial charge < -0.3 is 20.4 Å². The maximum Gasteiger partial charge on any atom is 0.335 e. The van der Waals surface area contributed by atoms with Gasteiger partial charge in [0.1, 0.15) is 5.75 Å². The van der Waals surface area contributed by atoms with Crippen molar-refractivity contribution in [3.8, 4) is 5.75 Å². The molecule has 3 N–H and O–H groups in total. The van der Waals surface area contributed by atoms with Crippen LogP contribution in [0.5, 0.6) is 5.75 Å². The van der Waals surface area contributed by atoms with Crippen molar-refractivity contribution < 1.29 is 19.8 Å². The number of anilines is 1. The standard InChI is InChI=1S/C12H16N2O4S/c1-14(5-6-19-2)12(18)13-9-4-3-8(11(16)17)7-10(9)15/h3-4,7,15H,5-6H2,1-2H3,(H,13,18)(H,16,17). The van der Waals surface area contributed by atoms with Gasteiger partial charge >= 0.3 is 12.0 Å². The lowest BCUT2D eigenvalue weighted by Gasteiger charge is -2.17. The topological polar surface area (TPSA) is 89.9 Å². The van der Waals surface area contributed by atoms with E-state index in [2.05, 4.69) is 5.32 Å². The summed E-state index contributed by atoms with van der Waals surface area (Å²) in [5, 5.41) is 20.9. The summed E-state index contributed by atoms with van der Waals surface area (Å²) in [5.74, 6) is -0.592. The molecule has 0 aromatic heterocycles. The first-order valence-corrected chi connectivity index (χ1v) is 6.92. The van der Waals surface area contributed by atoms with Crippen molar-refractivity contribution in [1.29, 1.82) is 0 Å². The first kappa shape index (κ1) is 15.2. The molecule has 0 spiro atoms. The van der Waals surface area contributed by atoms with Crippen LogP contribution in [0.3, 0.4) is 0 Å². The molecule has 0 aliphatic carbocycles. The van der Waals surface area contributed by atoms with Crippen LogP contribution < -0.4 is 5.32 Å². The summed E-state index contributed by atoms with van der Waals surface area (Å²) in [5.41, 5.74) is 0.150. The number of benzene rings is 1. The van der Waals surface area contributed by atoms with Gasteiger partial charge in [0.2, 0.25) is 0 Å². The molecule has 19 heavy (non-hydrogen) atoms. The Balaban J connectivity index is 2.72. The highest BCUT2D eigenvalue weighted by Crippen LogP contribution is 2.24. The fourth-order valence-electron chi connectivity index (χ4n) is 1.31. The van der Waals surface area contributed by atoms with Crippen molar-refractivity contribution in [3.05, 3.63) is 23.8 Å². The van der Waals surface area contributed by atoms with Gasteiger partial charge in [0.05, 0.1) is 11.3 Å². The molecule has 0 saturated heterocycles. The molecule has 1 aromatic carbocycles. The Hall–Kier alpha value is -1.89. The van der Waals surface area contributed by atoms with Gasteiger partial charge in [-0.3, -0.25) is 0 Å². The number of hydrogen-bond donors (Lipinski definition) is 3. The Bertz CT molecular complexity index is 479. The van der Waals surface area contributed by atoms with Gasteiger partial charge in [0, 0.05) is 19.3 Å². The van der Waals surface area contributed by atoms with Crippen molar-refractivity contribution in [2.45, 2.75) is 0 Å². The van der Waals surface area contributed by atoms with Gasteiger partial charge in [-0.2, -0.15) is 11.8 Å². The van der Waals surface area contributed by atoms with Crippen LogP contribution in [-0.2, 0) is 0 Å². The summed E-state index contributed by atoms with van der Waals surface area (Å²) >= 11 is 1.63. The molecular weight excluding hydrogens is 268 g/mol. The lowest BCUT2D eigenvalue weighted by atomic mass is 10.2. The Morgan fingerprint density at radius 3 is 2.63 bits per heavy atom. The second-order valence-electron chi connectivity index (χ2n) is 3.88. The number of aromatic hydroxyl groups is 1. The first-order valence-electron chi connectivity index (χ1n) is 5.53. The first-order chi connectivity index (χ1) is 8.95. The van der Waals surface area contributed by atoms with E-state index in [1.54, 1.807) is 18.8 Å². The number of nitrogens with zero attached hydrogens (tertiary/aromatic N) is 1. The zero-order valence-corrected chi connectivity index (χ0v) is 11.5. The van der Waals surface area contributed by atoms with Crippen LogP contribution in [0, 0.1) is 0 Å². The van der Waals surface area contributed by atoms with Crippen molar-refractivity contribution in [2.24, 2.45) is 0 Å². The van der Waals surface area contributed by atoms with Crippen LogP contribution in [0.1, 0.15) is 10.4 Å². The van der Waals surface area contributed by atoms with E-state index in [9.17, 15) is 14.7 Å². The van der Waals surface area contributed by atoms with E-state index in [-0.39, 0.29) is 23.0 Å². The molecule has 0 aliphatic heterocycles. The minimum atomic E-state index is -1.13. The quantitative estimate of drug-likeness (QED) is 0.719. The van der Waals surface area contributed by atoms with Crippen molar-refractivity contribution in [1.82, 2.24) is 4.90 Å². The molecule has 1 rings (SSSR count). The lowest BCUT2D eigenvalue weighted by molar-refractivity contribution is 0.0696. The normalized spacial score (nSPS) is 10.0. The number of phenolic OH excluding ortho intramolecular Hbond substituents is 1. The molecule has 2 amide bonds. The molecule has 0 bridgehead atoms. The fraction of sp³-hybridized carbons (Fsp3) is 0.333. The van der Waals surface area contributed by atoms with E-state index in [1.807, 2.05) is 6.26 Å². The Kier molecular flexibility index (Phi) is 5.50. The molecule has 0 unspecified atom stereocenters. The summed E-state index contributed by atoms with van der Waals surface area (Å²) in [6, 6.07) is 3.42. The fourth-order valence-corrected chi connectivity index (χ4v) is 1.77. The Morgan fingerprint density at radius 1 is 1.42 bits per heavy atom. The summed E-state index contributed by atoms with van der Waals surface area (Å²) in [6.45, 7) is 0.584. The van der Waals surface area contributed by atoms with Crippen LogP contribution in [0.4, 0.5) is 10.5 Å². The molecule has 104 valence electrons. The highest BCUT2D eigenvalue weighted by molar-refractivity contribution is 7.98. The van der Waals surface area contributed by atoms with E-state index in [4.69, 9.17) is 5.11 Å². The average Bonchev–Trinajstić information content (AvgIpc) is 2.37. The van der Waals surface area contributed by atoms with Gasteiger partial charge in [-0.1, -0.05) is 0 Å². The number of carbonyl (C=O) groups is 2. The van der Waals surface area contributed by atoms with Gasteiger partial charge in [-0.25, -0.2) is 9.59 Å². The van der Waals surface area contributed by atoms with E-state index in [1.165, 1.54) is 17.0 Å². The number of carboxylic acid groups (broad SMARTS) is 1. The van der Waals surface area contributed by atoms with Crippen molar-refractivity contribution in [3.63, 3.8) is 0 Å². The molecule has 6 nitrogen and oxygen atoms in total. The number of nitrogens with one attached hydrogen (secondary N) is 1. The van der Waals surface area contributed by atoms with Crippen LogP contribution in [-0.4, -0.2) is 52.7 Å². The third kappa shape index (κ3) is 4.36. The van der Waals surface area contributed by atoms with Gasteiger partial charge in [-0.05, 0) is 24.5 Å². The second kappa shape index (κ2) is 6.89. The Morgan fingerprint density at radius 2 is 2.11 bits per heavy atom. The SMILES string of the molecule is CSCCN(C)C(=O)Nc1ccc(C(=O)O)cc1O. The minimum absolute atomic E-state index is 0.0359. The highest BCUT2D eigenvalue weighted by Gasteiger charge is 2.12. The minimum Gasteiger partial charge on any atom is -0.506 e. The monoisotopic (exact) mass is 284 g/mol. The van der Waals surface area contributed by atoms with Gasteiger partial charge in [0.25, 0.3) is 0 Å². The molecule has 1 aromatic rings. The maximum atomic E-state index is 11.8. The molecule has 7 heteroatoms. The lowest BCUT2D eigenvalue weighted by Crippen LogP contribution is -2.33. The third-order valence-electron chi connectivity index (χ3n) is 2.46. The summed E-state index contributed by atoms with van der Waals surface area (Å²) in [6.07, 6.45) is 1.95. The smallest absolute Gasteiger partial charge is 0.335 e. The summed E-state index contributed by atoms with van der Waals surface area (Å²) < 4.78 is 0. The third-order valence-corrected chi connectivity index (χ3v) is 3.05. The number of amides is 2. The average molecular weight is 284 g/mol. The molecular formula is C12H16N2O4S. The van der Waals surface area contributed by atoms with Gasteiger partial charge in [0.15, 0.2) is 0 Å². The zero-order valence-electron chi connectivity index (χ0n) is 10.7. The van der Waals surface area contributed by atoms with Crippen molar-refractivity contribution >= 4 is 29.4 Å². The van der Waals surface area contributed by atoms with Crippen LogP contribution in [0.25, 0.3) is 0 Å². The van der Waals surface area contributed by atoms with E-state index in [0.717, 1.165) is 11.8 Å². The van der Waals surface area contributed by atoms with Crippen molar-refractivity contribution in [2.75, 3.05) is 30.9 Å². The van der Waals surface area contributed by atoms with E-state index >= 15 is 0 Å². The number of thioether (sulfide) groups is 1. The molecule has 0 heterocycles. The number of hydrogen-bond acceptors (Lipinski definition) is 4. The molecule has 0 atom stereocenters. The number of carbonyl (C=O) groups excluding carboxylic acids is 1. The predicted molar refractivity (Wildman–Crippen MR) is 75.1 cm³/mol. The number of rotatable bonds is 5. The largest absolute Gasteiger partial charge is 0.506 e. The molecule has 0 fully saturated rings. The highest BCUT2D eigenvalue weighted by atomic mass is 32.2. The number of urea groups is 1. The van der Waals surface area contributed by atoms with Crippen LogP contribution >= 0.6 is 11.8 Å². The summed E-state index contributed by atoms with van der Waals surface area (Å²) in [4.78, 5) is 24.0. The van der Waals surface area contributed by atoms with E-state index < -0.39 is 5.97 Å². The van der Waals surface area contributed by atoms with Crippen LogP contribution in [0.15, 0.2) is 18.2 Å². The molecule has 0 saturated carbocycles. The predicted octanol–water partition coefficient (Wildman–Crippen LogP) is 1.92. The number of aromatic carboxylic acids is 1. The maximum absolute atomic E-state index is 11.8. The molecule has 0 radical (unpaired) electrons. The molecule has 0 aliphatic rings.